The molecule has 1 aromatic rings. The van der Waals surface area contributed by atoms with Crippen LogP contribution in [0.3, 0.4) is 0 Å². The van der Waals surface area contributed by atoms with Crippen molar-refractivity contribution < 1.29 is 19.6 Å². The standard InChI is InChI=1S/C14H18N2O5/c1-14(2,3)21-13(18)15-7-10(8-15)9-4-5-12(17)11(6-9)16(19)20/h4-6,10,17H,7-8H2,1-3H3. The van der Waals surface area contributed by atoms with E-state index in [-0.39, 0.29) is 23.4 Å². The topological polar surface area (TPSA) is 92.9 Å². The van der Waals surface area contributed by atoms with Crippen LogP contribution < -0.4 is 0 Å². The van der Waals surface area contributed by atoms with Gasteiger partial charge >= 0.3 is 11.8 Å². The second kappa shape index (κ2) is 5.23. The van der Waals surface area contributed by atoms with Crippen LogP contribution in [-0.2, 0) is 4.74 Å². The highest BCUT2D eigenvalue weighted by Crippen LogP contribution is 2.34. The number of nitro groups is 1. The minimum atomic E-state index is -0.622. The van der Waals surface area contributed by atoms with Crippen molar-refractivity contribution in [3.8, 4) is 5.75 Å². The Kier molecular flexibility index (Phi) is 3.76. The van der Waals surface area contributed by atoms with E-state index in [1.165, 1.54) is 12.1 Å². The molecule has 2 rings (SSSR count). The van der Waals surface area contributed by atoms with Gasteiger partial charge in [0.1, 0.15) is 5.60 Å². The SMILES string of the molecule is CC(C)(C)OC(=O)N1CC(c2ccc(O)c([N+](=O)[O-])c2)C1. The van der Waals surface area contributed by atoms with Gasteiger partial charge in [0.15, 0.2) is 5.75 Å². The van der Waals surface area contributed by atoms with Gasteiger partial charge in [0, 0.05) is 25.1 Å². The molecule has 21 heavy (non-hydrogen) atoms. The Morgan fingerprint density at radius 2 is 2.05 bits per heavy atom. The van der Waals surface area contributed by atoms with Crippen molar-refractivity contribution in [1.29, 1.82) is 0 Å². The molecular weight excluding hydrogens is 276 g/mol. The van der Waals surface area contributed by atoms with Gasteiger partial charge in [0.25, 0.3) is 0 Å². The number of carbonyl (C=O) groups excluding carboxylic acids is 1. The number of carbonyl (C=O) groups is 1. The summed E-state index contributed by atoms with van der Waals surface area (Å²) in [6.45, 7) is 6.30. The van der Waals surface area contributed by atoms with Gasteiger partial charge in [-0.1, -0.05) is 6.07 Å². The number of rotatable bonds is 2. The van der Waals surface area contributed by atoms with E-state index >= 15 is 0 Å². The second-order valence-electron chi connectivity index (χ2n) is 6.09. The number of likely N-dealkylation sites (tertiary alicyclic amines) is 1. The molecule has 0 saturated carbocycles. The Labute approximate surface area is 122 Å². The molecule has 7 heteroatoms. The third-order valence-electron chi connectivity index (χ3n) is 3.20. The number of amides is 1. The molecule has 7 nitrogen and oxygen atoms in total. The van der Waals surface area contributed by atoms with Crippen LogP contribution in [0.15, 0.2) is 18.2 Å². The van der Waals surface area contributed by atoms with Crippen molar-refractivity contribution >= 4 is 11.8 Å². The van der Waals surface area contributed by atoms with E-state index in [2.05, 4.69) is 0 Å². The van der Waals surface area contributed by atoms with Gasteiger partial charge in [0.05, 0.1) is 4.92 Å². The van der Waals surface area contributed by atoms with E-state index in [0.717, 1.165) is 5.56 Å². The Balaban J connectivity index is 2.00. The van der Waals surface area contributed by atoms with Gasteiger partial charge < -0.3 is 14.7 Å². The number of benzene rings is 1. The lowest BCUT2D eigenvalue weighted by Crippen LogP contribution is -2.50. The van der Waals surface area contributed by atoms with Crippen molar-refractivity contribution in [2.75, 3.05) is 13.1 Å². The molecule has 1 amide bonds. The van der Waals surface area contributed by atoms with Crippen LogP contribution in [0.25, 0.3) is 0 Å². The summed E-state index contributed by atoms with van der Waals surface area (Å²) < 4.78 is 5.25. The molecule has 1 N–H and O–H groups in total. The van der Waals surface area contributed by atoms with Crippen molar-refractivity contribution in [3.05, 3.63) is 33.9 Å². The largest absolute Gasteiger partial charge is 0.502 e. The maximum atomic E-state index is 11.8. The normalized spacial score (nSPS) is 15.5. The van der Waals surface area contributed by atoms with Crippen LogP contribution in [0.4, 0.5) is 10.5 Å². The number of hydrogen-bond donors (Lipinski definition) is 1. The summed E-state index contributed by atoms with van der Waals surface area (Å²) >= 11 is 0. The second-order valence-corrected chi connectivity index (χ2v) is 6.09. The number of ether oxygens (including phenoxy) is 1. The molecule has 0 atom stereocenters. The summed E-state index contributed by atoms with van der Waals surface area (Å²) in [5.74, 6) is -0.330. The van der Waals surface area contributed by atoms with E-state index < -0.39 is 10.5 Å². The average molecular weight is 294 g/mol. The molecule has 0 unspecified atom stereocenters. The fourth-order valence-corrected chi connectivity index (χ4v) is 2.11. The summed E-state index contributed by atoms with van der Waals surface area (Å²) in [5, 5.41) is 20.2. The van der Waals surface area contributed by atoms with Gasteiger partial charge in [-0.3, -0.25) is 10.1 Å². The van der Waals surface area contributed by atoms with Crippen molar-refractivity contribution in [2.45, 2.75) is 32.3 Å². The molecule has 0 bridgehead atoms. The van der Waals surface area contributed by atoms with Gasteiger partial charge in [-0.25, -0.2) is 4.79 Å². The quantitative estimate of drug-likeness (QED) is 0.668. The molecular formula is C14H18N2O5. The Morgan fingerprint density at radius 1 is 1.43 bits per heavy atom. The van der Waals surface area contributed by atoms with Crippen LogP contribution in [0.2, 0.25) is 0 Å². The van der Waals surface area contributed by atoms with Crippen LogP contribution in [0.5, 0.6) is 5.75 Å². The van der Waals surface area contributed by atoms with Crippen molar-refractivity contribution in [2.24, 2.45) is 0 Å². The predicted molar refractivity (Wildman–Crippen MR) is 75.3 cm³/mol. The van der Waals surface area contributed by atoms with E-state index in [0.29, 0.717) is 13.1 Å². The van der Waals surface area contributed by atoms with E-state index in [1.54, 1.807) is 31.7 Å². The first-order chi connectivity index (χ1) is 9.67. The molecule has 1 fully saturated rings. The third-order valence-corrected chi connectivity index (χ3v) is 3.20. The molecule has 1 aromatic carbocycles. The van der Waals surface area contributed by atoms with Gasteiger partial charge in [-0.2, -0.15) is 0 Å². The monoisotopic (exact) mass is 294 g/mol. The lowest BCUT2D eigenvalue weighted by molar-refractivity contribution is -0.385. The van der Waals surface area contributed by atoms with Crippen LogP contribution in [-0.4, -0.2) is 39.7 Å². The zero-order chi connectivity index (χ0) is 15.8. The number of nitro benzene ring substituents is 1. The predicted octanol–water partition coefficient (Wildman–Crippen LogP) is 2.63. The molecule has 0 aromatic heterocycles. The maximum absolute atomic E-state index is 11.8. The third kappa shape index (κ3) is 3.42. The summed E-state index contributed by atoms with van der Waals surface area (Å²) in [6.07, 6.45) is -0.382. The summed E-state index contributed by atoms with van der Waals surface area (Å²) in [7, 11) is 0. The highest BCUT2D eigenvalue weighted by molar-refractivity contribution is 5.69. The zero-order valence-corrected chi connectivity index (χ0v) is 12.2. The first-order valence-corrected chi connectivity index (χ1v) is 6.62. The van der Waals surface area contributed by atoms with E-state index in [4.69, 9.17) is 4.74 Å². The van der Waals surface area contributed by atoms with E-state index in [9.17, 15) is 20.0 Å². The fourth-order valence-electron chi connectivity index (χ4n) is 2.11. The summed E-state index contributed by atoms with van der Waals surface area (Å²) in [4.78, 5) is 23.5. The minimum Gasteiger partial charge on any atom is -0.502 e. The number of nitrogens with zero attached hydrogens (tertiary/aromatic N) is 2. The number of phenols is 1. The van der Waals surface area contributed by atoms with Crippen LogP contribution in [0, 0.1) is 10.1 Å². The van der Waals surface area contributed by atoms with Crippen LogP contribution in [0.1, 0.15) is 32.3 Å². The number of phenolic OH excluding ortho intramolecular Hbond substituents is 1. The highest BCUT2D eigenvalue weighted by Gasteiger charge is 2.35. The Bertz CT molecular complexity index is 573. The molecule has 1 saturated heterocycles. The molecule has 0 aliphatic carbocycles. The Morgan fingerprint density at radius 3 is 2.57 bits per heavy atom. The van der Waals surface area contributed by atoms with Crippen molar-refractivity contribution in [1.82, 2.24) is 4.90 Å². The average Bonchev–Trinajstić information content (AvgIpc) is 2.26. The summed E-state index contributed by atoms with van der Waals surface area (Å²) in [6, 6.07) is 4.30. The molecule has 114 valence electrons. The fraction of sp³-hybridized carbons (Fsp3) is 0.500. The molecule has 1 heterocycles. The first-order valence-electron chi connectivity index (χ1n) is 6.62. The molecule has 1 aliphatic rings. The lowest BCUT2D eigenvalue weighted by Gasteiger charge is -2.40. The number of aromatic hydroxyl groups is 1. The number of hydrogen-bond acceptors (Lipinski definition) is 5. The van der Waals surface area contributed by atoms with Gasteiger partial charge in [-0.05, 0) is 32.4 Å². The van der Waals surface area contributed by atoms with Gasteiger partial charge in [-0.15, -0.1) is 0 Å². The van der Waals surface area contributed by atoms with Gasteiger partial charge in [0.2, 0.25) is 0 Å². The Hall–Kier alpha value is -2.31. The molecule has 0 radical (unpaired) electrons. The van der Waals surface area contributed by atoms with Crippen molar-refractivity contribution in [3.63, 3.8) is 0 Å². The van der Waals surface area contributed by atoms with Crippen LogP contribution >= 0.6 is 0 Å². The first kappa shape index (κ1) is 15.1. The maximum Gasteiger partial charge on any atom is 0.410 e. The summed E-state index contributed by atoms with van der Waals surface area (Å²) in [5.41, 5.74) is -0.123. The highest BCUT2D eigenvalue weighted by atomic mass is 16.6. The smallest absolute Gasteiger partial charge is 0.410 e. The van der Waals surface area contributed by atoms with E-state index in [1.807, 2.05) is 0 Å². The molecule has 0 spiro atoms. The lowest BCUT2D eigenvalue weighted by atomic mass is 9.91. The molecule has 1 aliphatic heterocycles. The zero-order valence-electron chi connectivity index (χ0n) is 12.2. The minimum absolute atomic E-state index is 0.0248.